The number of hydrogen-bond donors (Lipinski definition) is 2. The smallest absolute Gasteiger partial charge is 0.339 e. The van der Waals surface area contributed by atoms with Crippen LogP contribution in [0.25, 0.3) is 0 Å². The molecule has 1 amide bonds. The number of carbonyl (C=O) groups excluding carboxylic acids is 1. The lowest BCUT2D eigenvalue weighted by molar-refractivity contribution is -0.126. The second-order valence-corrected chi connectivity index (χ2v) is 5.55. The largest absolute Gasteiger partial charge is 0.478 e. The molecule has 20 heavy (non-hydrogen) atoms. The normalized spacial score (nSPS) is 17.8. The maximum absolute atomic E-state index is 12.0. The zero-order valence-electron chi connectivity index (χ0n) is 12.1. The van der Waals surface area contributed by atoms with Crippen molar-refractivity contribution in [2.45, 2.75) is 33.2 Å². The number of aromatic nitrogens is 1. The SMILES string of the molecule is Cc1cc(C)c(C(=O)O)c(N2CCNC(=O)C2(C)C)n1. The van der Waals surface area contributed by atoms with Gasteiger partial charge in [-0.1, -0.05) is 0 Å². The third-order valence-electron chi connectivity index (χ3n) is 3.65. The van der Waals surface area contributed by atoms with Gasteiger partial charge in [0.25, 0.3) is 0 Å². The summed E-state index contributed by atoms with van der Waals surface area (Å²) in [6.45, 7) is 8.13. The van der Waals surface area contributed by atoms with E-state index in [4.69, 9.17) is 0 Å². The average Bonchev–Trinajstić information content (AvgIpc) is 2.30. The number of aromatic carboxylic acids is 1. The van der Waals surface area contributed by atoms with Crippen LogP contribution in [0.3, 0.4) is 0 Å². The molecule has 0 radical (unpaired) electrons. The van der Waals surface area contributed by atoms with Crippen LogP contribution in [-0.4, -0.2) is 40.6 Å². The van der Waals surface area contributed by atoms with Gasteiger partial charge in [0.1, 0.15) is 16.9 Å². The lowest BCUT2D eigenvalue weighted by Gasteiger charge is -2.42. The highest BCUT2D eigenvalue weighted by Crippen LogP contribution is 2.29. The van der Waals surface area contributed by atoms with Crippen LogP contribution in [0.1, 0.15) is 35.5 Å². The van der Waals surface area contributed by atoms with Gasteiger partial charge in [0.05, 0.1) is 0 Å². The van der Waals surface area contributed by atoms with Gasteiger partial charge in [-0.2, -0.15) is 0 Å². The summed E-state index contributed by atoms with van der Waals surface area (Å²) in [6, 6.07) is 1.74. The molecule has 1 aliphatic heterocycles. The Labute approximate surface area is 117 Å². The first-order chi connectivity index (χ1) is 9.25. The van der Waals surface area contributed by atoms with Crippen molar-refractivity contribution in [2.24, 2.45) is 0 Å². The first-order valence-electron chi connectivity index (χ1n) is 6.52. The fourth-order valence-electron chi connectivity index (χ4n) is 2.55. The molecule has 0 spiro atoms. The van der Waals surface area contributed by atoms with Gasteiger partial charge in [-0.15, -0.1) is 0 Å². The summed E-state index contributed by atoms with van der Waals surface area (Å²) in [5.74, 6) is -0.775. The van der Waals surface area contributed by atoms with E-state index in [2.05, 4.69) is 10.3 Å². The number of nitrogens with zero attached hydrogens (tertiary/aromatic N) is 2. The van der Waals surface area contributed by atoms with Gasteiger partial charge in [0.2, 0.25) is 5.91 Å². The lowest BCUT2D eigenvalue weighted by atomic mass is 9.97. The van der Waals surface area contributed by atoms with Gasteiger partial charge >= 0.3 is 5.97 Å². The van der Waals surface area contributed by atoms with Crippen LogP contribution in [0.4, 0.5) is 5.82 Å². The molecule has 108 valence electrons. The second kappa shape index (κ2) is 4.77. The highest BCUT2D eigenvalue weighted by Gasteiger charge is 2.40. The summed E-state index contributed by atoms with van der Waals surface area (Å²) in [5, 5.41) is 12.2. The molecule has 6 heteroatoms. The monoisotopic (exact) mass is 277 g/mol. The zero-order valence-corrected chi connectivity index (χ0v) is 12.1. The van der Waals surface area contributed by atoms with Crippen LogP contribution in [0.5, 0.6) is 0 Å². The molecular weight excluding hydrogens is 258 g/mol. The van der Waals surface area contributed by atoms with Crippen LogP contribution in [0, 0.1) is 13.8 Å². The third-order valence-corrected chi connectivity index (χ3v) is 3.65. The van der Waals surface area contributed by atoms with Gasteiger partial charge in [0.15, 0.2) is 0 Å². The number of carbonyl (C=O) groups is 2. The van der Waals surface area contributed by atoms with Crippen LogP contribution in [0.2, 0.25) is 0 Å². The second-order valence-electron chi connectivity index (χ2n) is 5.55. The van der Waals surface area contributed by atoms with Gasteiger partial charge in [-0.3, -0.25) is 4.79 Å². The molecule has 1 aromatic heterocycles. The van der Waals surface area contributed by atoms with Crippen LogP contribution < -0.4 is 10.2 Å². The highest BCUT2D eigenvalue weighted by molar-refractivity contribution is 5.97. The Hall–Kier alpha value is -2.11. The fourth-order valence-corrected chi connectivity index (χ4v) is 2.55. The summed E-state index contributed by atoms with van der Waals surface area (Å²) in [6.07, 6.45) is 0. The summed E-state index contributed by atoms with van der Waals surface area (Å²) in [7, 11) is 0. The van der Waals surface area contributed by atoms with E-state index >= 15 is 0 Å². The van der Waals surface area contributed by atoms with E-state index in [1.54, 1.807) is 31.7 Å². The van der Waals surface area contributed by atoms with Crippen molar-refractivity contribution < 1.29 is 14.7 Å². The highest BCUT2D eigenvalue weighted by atomic mass is 16.4. The minimum Gasteiger partial charge on any atom is -0.478 e. The molecule has 0 aromatic carbocycles. The molecule has 0 aliphatic carbocycles. The molecular formula is C14H19N3O3. The van der Waals surface area contributed by atoms with E-state index < -0.39 is 11.5 Å². The molecule has 0 bridgehead atoms. The number of anilines is 1. The minimum absolute atomic E-state index is 0.124. The van der Waals surface area contributed by atoms with Gasteiger partial charge in [-0.25, -0.2) is 9.78 Å². The summed E-state index contributed by atoms with van der Waals surface area (Å²) < 4.78 is 0. The number of rotatable bonds is 2. The Bertz CT molecular complexity index is 581. The van der Waals surface area contributed by atoms with E-state index in [1.165, 1.54) is 0 Å². The Morgan fingerprint density at radius 3 is 2.70 bits per heavy atom. The van der Waals surface area contributed by atoms with Crippen molar-refractivity contribution in [1.82, 2.24) is 10.3 Å². The maximum atomic E-state index is 12.0. The molecule has 2 heterocycles. The fraction of sp³-hybridized carbons (Fsp3) is 0.500. The Kier molecular flexibility index (Phi) is 3.41. The van der Waals surface area contributed by atoms with Crippen molar-refractivity contribution in [3.8, 4) is 0 Å². The zero-order chi connectivity index (χ0) is 15.1. The van der Waals surface area contributed by atoms with Gasteiger partial charge in [0, 0.05) is 18.8 Å². The summed E-state index contributed by atoms with van der Waals surface area (Å²) in [4.78, 5) is 29.7. The molecule has 0 saturated carbocycles. The molecule has 6 nitrogen and oxygen atoms in total. The Balaban J connectivity index is 2.62. The molecule has 1 fully saturated rings. The van der Waals surface area contributed by atoms with Gasteiger partial charge in [-0.05, 0) is 39.3 Å². The number of pyridine rings is 1. The average molecular weight is 277 g/mol. The molecule has 2 rings (SSSR count). The molecule has 1 aromatic rings. The molecule has 2 N–H and O–H groups in total. The van der Waals surface area contributed by atoms with Crippen molar-refractivity contribution in [3.05, 3.63) is 22.9 Å². The molecule has 1 saturated heterocycles. The third kappa shape index (κ3) is 2.21. The van der Waals surface area contributed by atoms with E-state index in [0.717, 1.165) is 5.69 Å². The van der Waals surface area contributed by atoms with E-state index in [1.807, 2.05) is 6.92 Å². The molecule has 0 unspecified atom stereocenters. The number of aryl methyl sites for hydroxylation is 2. The number of carboxylic acids is 1. The van der Waals surface area contributed by atoms with Crippen LogP contribution in [-0.2, 0) is 4.79 Å². The topological polar surface area (TPSA) is 82.5 Å². The minimum atomic E-state index is -1.02. The summed E-state index contributed by atoms with van der Waals surface area (Å²) in [5.41, 5.74) is 0.736. The first-order valence-corrected chi connectivity index (χ1v) is 6.52. The van der Waals surface area contributed by atoms with Crippen LogP contribution >= 0.6 is 0 Å². The number of carboxylic acid groups (broad SMARTS) is 1. The first kappa shape index (κ1) is 14.3. The van der Waals surface area contributed by atoms with Gasteiger partial charge < -0.3 is 15.3 Å². The number of nitrogens with one attached hydrogen (secondary N) is 1. The number of piperazine rings is 1. The van der Waals surface area contributed by atoms with E-state index in [9.17, 15) is 14.7 Å². The van der Waals surface area contributed by atoms with E-state index in [-0.39, 0.29) is 11.5 Å². The Morgan fingerprint density at radius 1 is 1.45 bits per heavy atom. The molecule has 1 aliphatic rings. The number of amides is 1. The van der Waals surface area contributed by atoms with Crippen molar-refractivity contribution >= 4 is 17.7 Å². The van der Waals surface area contributed by atoms with Crippen molar-refractivity contribution in [1.29, 1.82) is 0 Å². The van der Waals surface area contributed by atoms with Crippen molar-refractivity contribution in [3.63, 3.8) is 0 Å². The molecule has 0 atom stereocenters. The number of hydrogen-bond acceptors (Lipinski definition) is 4. The lowest BCUT2D eigenvalue weighted by Crippen LogP contribution is -2.62. The predicted octanol–water partition coefficient (Wildman–Crippen LogP) is 1.11. The Morgan fingerprint density at radius 2 is 2.10 bits per heavy atom. The van der Waals surface area contributed by atoms with Crippen molar-refractivity contribution in [2.75, 3.05) is 18.0 Å². The maximum Gasteiger partial charge on any atom is 0.339 e. The quantitative estimate of drug-likeness (QED) is 0.846. The standard InChI is InChI=1S/C14H19N3O3/c1-8-7-9(2)16-11(10(8)12(18)19)17-6-5-15-13(20)14(17,3)4/h7H,5-6H2,1-4H3,(H,15,20)(H,18,19). The predicted molar refractivity (Wildman–Crippen MR) is 75.1 cm³/mol. The van der Waals surface area contributed by atoms with E-state index in [0.29, 0.717) is 24.5 Å². The van der Waals surface area contributed by atoms with Crippen LogP contribution in [0.15, 0.2) is 6.07 Å². The summed E-state index contributed by atoms with van der Waals surface area (Å²) >= 11 is 0.